The van der Waals surface area contributed by atoms with Crippen molar-refractivity contribution in [3.05, 3.63) is 0 Å². The molecular formula is C10H20N2O3. The van der Waals surface area contributed by atoms with Crippen molar-refractivity contribution in [2.45, 2.75) is 46.2 Å². The molecule has 0 bridgehead atoms. The summed E-state index contributed by atoms with van der Waals surface area (Å²) in [5.74, 6) is -1.35. The third-order valence-corrected chi connectivity index (χ3v) is 1.93. The van der Waals surface area contributed by atoms with E-state index in [-0.39, 0.29) is 18.4 Å². The molecule has 1 amide bonds. The fourth-order valence-electron chi connectivity index (χ4n) is 1.16. The van der Waals surface area contributed by atoms with Crippen LogP contribution in [0.4, 0.5) is 0 Å². The summed E-state index contributed by atoms with van der Waals surface area (Å²) in [5, 5.41) is 11.4. The third-order valence-electron chi connectivity index (χ3n) is 1.93. The molecule has 4 N–H and O–H groups in total. The largest absolute Gasteiger partial charge is 0.480 e. The van der Waals surface area contributed by atoms with E-state index in [4.69, 9.17) is 10.8 Å². The summed E-state index contributed by atoms with van der Waals surface area (Å²) in [5.41, 5.74) is 4.93. The van der Waals surface area contributed by atoms with Gasteiger partial charge in [-0.2, -0.15) is 0 Å². The van der Waals surface area contributed by atoms with Crippen LogP contribution in [0.5, 0.6) is 0 Å². The van der Waals surface area contributed by atoms with Crippen LogP contribution in [-0.2, 0) is 9.59 Å². The fraction of sp³-hybridized carbons (Fsp3) is 0.800. The van der Waals surface area contributed by atoms with Crippen molar-refractivity contribution in [1.82, 2.24) is 5.32 Å². The molecule has 1 unspecified atom stereocenters. The number of aliphatic carboxylic acids is 1. The Morgan fingerprint density at radius 2 is 1.87 bits per heavy atom. The summed E-state index contributed by atoms with van der Waals surface area (Å²) in [4.78, 5) is 22.3. The zero-order valence-electron chi connectivity index (χ0n) is 9.70. The van der Waals surface area contributed by atoms with E-state index in [1.807, 2.05) is 0 Å². The highest BCUT2D eigenvalue weighted by Gasteiger charge is 2.32. The average Bonchev–Trinajstić information content (AvgIpc) is 1.95. The number of nitrogens with two attached hydrogens (primary N) is 1. The average molecular weight is 216 g/mol. The number of carbonyl (C=O) groups is 2. The first-order valence-corrected chi connectivity index (χ1v) is 4.92. The van der Waals surface area contributed by atoms with Gasteiger partial charge in [0.2, 0.25) is 5.91 Å². The van der Waals surface area contributed by atoms with Crippen molar-refractivity contribution >= 4 is 11.9 Å². The van der Waals surface area contributed by atoms with Gasteiger partial charge in [0.15, 0.2) is 0 Å². The number of amides is 1. The van der Waals surface area contributed by atoms with Crippen LogP contribution >= 0.6 is 0 Å². The molecular weight excluding hydrogens is 196 g/mol. The van der Waals surface area contributed by atoms with Crippen LogP contribution in [0, 0.1) is 5.41 Å². The Labute approximate surface area is 90.0 Å². The van der Waals surface area contributed by atoms with Crippen LogP contribution in [-0.4, -0.2) is 29.1 Å². The molecule has 0 aromatic carbocycles. The Balaban J connectivity index is 4.44. The van der Waals surface area contributed by atoms with Crippen molar-refractivity contribution in [2.24, 2.45) is 11.1 Å². The Bertz CT molecular complexity index is 244. The van der Waals surface area contributed by atoms with E-state index in [1.165, 1.54) is 0 Å². The molecule has 0 fully saturated rings. The van der Waals surface area contributed by atoms with Gasteiger partial charge in [-0.05, 0) is 12.3 Å². The van der Waals surface area contributed by atoms with Gasteiger partial charge >= 0.3 is 5.97 Å². The molecule has 5 nitrogen and oxygen atoms in total. The van der Waals surface area contributed by atoms with E-state index in [0.717, 1.165) is 0 Å². The highest BCUT2D eigenvalue weighted by molar-refractivity contribution is 5.84. The molecule has 88 valence electrons. The predicted molar refractivity (Wildman–Crippen MR) is 57.3 cm³/mol. The standard InChI is InChI=1S/C10H20N2O3/c1-6(11)5-7(13)12-8(9(14)15)10(2,3)4/h6,8H,5,11H2,1-4H3,(H,12,13)(H,14,15)/t6?,8-/m0/s1. The van der Waals surface area contributed by atoms with Crippen LogP contribution in [0.15, 0.2) is 0 Å². The lowest BCUT2D eigenvalue weighted by molar-refractivity contribution is -0.145. The number of hydrogen-bond acceptors (Lipinski definition) is 3. The summed E-state index contributed by atoms with van der Waals surface area (Å²) >= 11 is 0. The first-order valence-electron chi connectivity index (χ1n) is 4.92. The molecule has 0 rings (SSSR count). The van der Waals surface area contributed by atoms with Gasteiger partial charge in [-0.3, -0.25) is 4.79 Å². The summed E-state index contributed by atoms with van der Waals surface area (Å²) < 4.78 is 0. The molecule has 0 aromatic heterocycles. The minimum Gasteiger partial charge on any atom is -0.480 e. The molecule has 0 saturated carbocycles. The van der Waals surface area contributed by atoms with Crippen LogP contribution < -0.4 is 11.1 Å². The first kappa shape index (κ1) is 13.9. The number of carboxylic acid groups (broad SMARTS) is 1. The predicted octanol–water partition coefficient (Wildman–Crippen LogP) is 0.339. The molecule has 0 aliphatic carbocycles. The Hall–Kier alpha value is -1.10. The fourth-order valence-corrected chi connectivity index (χ4v) is 1.16. The normalized spacial score (nSPS) is 15.5. The molecule has 0 spiro atoms. The molecule has 0 aromatic rings. The van der Waals surface area contributed by atoms with Gasteiger partial charge in [0.05, 0.1) is 0 Å². The molecule has 5 heteroatoms. The molecule has 0 aliphatic heterocycles. The third kappa shape index (κ3) is 5.37. The lowest BCUT2D eigenvalue weighted by atomic mass is 9.86. The summed E-state index contributed by atoms with van der Waals surface area (Å²) in [6.07, 6.45) is 0.139. The van der Waals surface area contributed by atoms with Crippen molar-refractivity contribution in [1.29, 1.82) is 0 Å². The van der Waals surface area contributed by atoms with Gasteiger partial charge in [-0.15, -0.1) is 0 Å². The SMILES string of the molecule is CC(N)CC(=O)N[C@@H](C(=O)O)C(C)(C)C. The zero-order valence-corrected chi connectivity index (χ0v) is 9.70. The lowest BCUT2D eigenvalue weighted by Crippen LogP contribution is -2.49. The van der Waals surface area contributed by atoms with E-state index >= 15 is 0 Å². The van der Waals surface area contributed by atoms with E-state index in [1.54, 1.807) is 27.7 Å². The second-order valence-corrected chi connectivity index (χ2v) is 4.89. The van der Waals surface area contributed by atoms with E-state index in [9.17, 15) is 9.59 Å². The second-order valence-electron chi connectivity index (χ2n) is 4.89. The van der Waals surface area contributed by atoms with E-state index in [2.05, 4.69) is 5.32 Å². The summed E-state index contributed by atoms with van der Waals surface area (Å²) in [6.45, 7) is 6.99. The quantitative estimate of drug-likeness (QED) is 0.631. The van der Waals surface area contributed by atoms with Gasteiger partial charge in [0.25, 0.3) is 0 Å². The molecule has 0 radical (unpaired) electrons. The molecule has 2 atom stereocenters. The number of rotatable bonds is 4. The minimum atomic E-state index is -1.03. The number of carboxylic acids is 1. The Morgan fingerprint density at radius 1 is 1.40 bits per heavy atom. The molecule has 0 heterocycles. The van der Waals surface area contributed by atoms with Crippen LogP contribution in [0.1, 0.15) is 34.1 Å². The van der Waals surface area contributed by atoms with Crippen molar-refractivity contribution in [3.63, 3.8) is 0 Å². The lowest BCUT2D eigenvalue weighted by Gasteiger charge is -2.28. The van der Waals surface area contributed by atoms with E-state index in [0.29, 0.717) is 0 Å². The summed E-state index contributed by atoms with van der Waals surface area (Å²) in [6, 6.07) is -1.15. The number of carbonyl (C=O) groups excluding carboxylic acids is 1. The summed E-state index contributed by atoms with van der Waals surface area (Å²) in [7, 11) is 0. The first-order chi connectivity index (χ1) is 6.64. The van der Waals surface area contributed by atoms with Gasteiger partial charge in [-0.25, -0.2) is 4.79 Å². The van der Waals surface area contributed by atoms with Crippen LogP contribution in [0.25, 0.3) is 0 Å². The Morgan fingerprint density at radius 3 is 2.13 bits per heavy atom. The molecule has 0 aliphatic rings. The van der Waals surface area contributed by atoms with Crippen LogP contribution in [0.3, 0.4) is 0 Å². The van der Waals surface area contributed by atoms with Crippen molar-refractivity contribution < 1.29 is 14.7 Å². The van der Waals surface area contributed by atoms with Crippen molar-refractivity contribution in [3.8, 4) is 0 Å². The highest BCUT2D eigenvalue weighted by Crippen LogP contribution is 2.19. The second kappa shape index (κ2) is 5.11. The number of hydrogen-bond donors (Lipinski definition) is 3. The maximum absolute atomic E-state index is 11.4. The van der Waals surface area contributed by atoms with E-state index < -0.39 is 17.4 Å². The monoisotopic (exact) mass is 216 g/mol. The maximum atomic E-state index is 11.4. The van der Waals surface area contributed by atoms with Gasteiger partial charge in [0.1, 0.15) is 6.04 Å². The van der Waals surface area contributed by atoms with Crippen molar-refractivity contribution in [2.75, 3.05) is 0 Å². The zero-order chi connectivity index (χ0) is 12.2. The van der Waals surface area contributed by atoms with Crippen LogP contribution in [0.2, 0.25) is 0 Å². The van der Waals surface area contributed by atoms with Gasteiger partial charge in [-0.1, -0.05) is 20.8 Å². The Kier molecular flexibility index (Phi) is 4.74. The minimum absolute atomic E-state index is 0.139. The maximum Gasteiger partial charge on any atom is 0.326 e. The van der Waals surface area contributed by atoms with Gasteiger partial charge in [0, 0.05) is 12.5 Å². The number of nitrogens with one attached hydrogen (secondary N) is 1. The topological polar surface area (TPSA) is 92.4 Å². The molecule has 15 heavy (non-hydrogen) atoms. The smallest absolute Gasteiger partial charge is 0.326 e. The highest BCUT2D eigenvalue weighted by atomic mass is 16.4. The molecule has 0 saturated heterocycles. The van der Waals surface area contributed by atoms with Gasteiger partial charge < -0.3 is 16.2 Å².